The van der Waals surface area contributed by atoms with Crippen LogP contribution < -0.4 is 24.3 Å². The highest BCUT2D eigenvalue weighted by Gasteiger charge is 2.23. The minimum atomic E-state index is -0.560. The smallest absolute Gasteiger partial charge is 0.296 e. The van der Waals surface area contributed by atoms with Crippen LogP contribution in [0.5, 0.6) is 23.0 Å². The molecule has 0 fully saturated rings. The summed E-state index contributed by atoms with van der Waals surface area (Å²) in [4.78, 5) is 23.3. The molecule has 1 N–H and O–H groups in total. The molecule has 1 amide bonds. The van der Waals surface area contributed by atoms with Crippen LogP contribution in [0, 0.1) is 10.1 Å². The maximum absolute atomic E-state index is 12.5. The molecule has 9 heteroatoms. The highest BCUT2D eigenvalue weighted by Crippen LogP contribution is 2.39. The van der Waals surface area contributed by atoms with Crippen LogP contribution in [0.15, 0.2) is 30.3 Å². The van der Waals surface area contributed by atoms with Crippen molar-refractivity contribution in [1.82, 2.24) is 0 Å². The van der Waals surface area contributed by atoms with E-state index >= 15 is 0 Å². The van der Waals surface area contributed by atoms with Gasteiger partial charge in [0, 0.05) is 18.9 Å². The highest BCUT2D eigenvalue weighted by atomic mass is 16.6. The van der Waals surface area contributed by atoms with Crippen molar-refractivity contribution in [3.63, 3.8) is 0 Å². The first-order valence-corrected chi connectivity index (χ1v) is 9.10. The monoisotopic (exact) mass is 402 g/mol. The largest absolute Gasteiger partial charge is 0.497 e. The van der Waals surface area contributed by atoms with Crippen molar-refractivity contribution in [2.45, 2.75) is 19.3 Å². The lowest BCUT2D eigenvalue weighted by molar-refractivity contribution is -0.384. The molecule has 29 heavy (non-hydrogen) atoms. The predicted molar refractivity (Wildman–Crippen MR) is 105 cm³/mol. The third-order valence-electron chi connectivity index (χ3n) is 4.45. The number of hydrogen-bond acceptors (Lipinski definition) is 7. The molecule has 0 atom stereocenters. The highest BCUT2D eigenvalue weighted by molar-refractivity contribution is 5.94. The van der Waals surface area contributed by atoms with E-state index in [0.29, 0.717) is 49.1 Å². The van der Waals surface area contributed by atoms with Gasteiger partial charge in [-0.15, -0.1) is 0 Å². The minimum Gasteiger partial charge on any atom is -0.497 e. The Morgan fingerprint density at radius 3 is 2.52 bits per heavy atom. The maximum Gasteiger partial charge on any atom is 0.296 e. The van der Waals surface area contributed by atoms with Crippen molar-refractivity contribution in [3.8, 4) is 23.0 Å². The molecule has 0 bridgehead atoms. The quantitative estimate of drug-likeness (QED) is 0.559. The van der Waals surface area contributed by atoms with Gasteiger partial charge in [-0.3, -0.25) is 14.9 Å². The number of nitro groups is 1. The number of carbonyl (C=O) groups is 1. The van der Waals surface area contributed by atoms with Gasteiger partial charge in [0.25, 0.3) is 5.69 Å². The summed E-state index contributed by atoms with van der Waals surface area (Å²) in [5.41, 5.74) is 0.624. The van der Waals surface area contributed by atoms with E-state index in [2.05, 4.69) is 5.32 Å². The molecule has 0 aromatic heterocycles. The fourth-order valence-corrected chi connectivity index (χ4v) is 2.99. The van der Waals surface area contributed by atoms with Gasteiger partial charge in [-0.1, -0.05) is 0 Å². The van der Waals surface area contributed by atoms with Crippen molar-refractivity contribution in [3.05, 3.63) is 46.0 Å². The number of nitro benzene ring substituents is 1. The van der Waals surface area contributed by atoms with Gasteiger partial charge in [0.15, 0.2) is 11.5 Å². The van der Waals surface area contributed by atoms with Crippen molar-refractivity contribution in [2.75, 3.05) is 32.8 Å². The molecular formula is C20H22N2O7. The van der Waals surface area contributed by atoms with Gasteiger partial charge < -0.3 is 24.3 Å². The van der Waals surface area contributed by atoms with Crippen LogP contribution in [0.25, 0.3) is 0 Å². The number of benzene rings is 2. The van der Waals surface area contributed by atoms with Gasteiger partial charge in [0.05, 0.1) is 38.4 Å². The number of methoxy groups -OCH3 is 2. The van der Waals surface area contributed by atoms with E-state index in [1.807, 2.05) is 0 Å². The second-order valence-corrected chi connectivity index (χ2v) is 6.35. The average Bonchev–Trinajstić information content (AvgIpc) is 2.96. The van der Waals surface area contributed by atoms with Gasteiger partial charge >= 0.3 is 0 Å². The molecule has 1 heterocycles. The number of hydrogen-bond donors (Lipinski definition) is 1. The predicted octanol–water partition coefficient (Wildman–Crippen LogP) is 3.34. The lowest BCUT2D eigenvalue weighted by Crippen LogP contribution is -2.14. The zero-order valence-electron chi connectivity index (χ0n) is 16.2. The molecule has 3 rings (SSSR count). The number of aryl methyl sites for hydroxylation is 1. The second-order valence-electron chi connectivity index (χ2n) is 6.35. The van der Waals surface area contributed by atoms with Gasteiger partial charge in [0.1, 0.15) is 17.2 Å². The molecule has 0 saturated heterocycles. The summed E-state index contributed by atoms with van der Waals surface area (Å²) in [6.07, 6.45) is 1.16. The molecule has 0 radical (unpaired) electrons. The zero-order chi connectivity index (χ0) is 20.8. The van der Waals surface area contributed by atoms with Crippen molar-refractivity contribution >= 4 is 17.3 Å². The van der Waals surface area contributed by atoms with Crippen molar-refractivity contribution in [1.29, 1.82) is 0 Å². The molecule has 2 aromatic carbocycles. The fraction of sp³-hybridized carbons (Fsp3) is 0.350. The number of fused-ring (bicyclic) bond motifs is 1. The van der Waals surface area contributed by atoms with E-state index in [9.17, 15) is 14.9 Å². The summed E-state index contributed by atoms with van der Waals surface area (Å²) in [7, 11) is 3.11. The molecule has 1 aliphatic heterocycles. The van der Waals surface area contributed by atoms with Crippen LogP contribution in [0.1, 0.15) is 18.4 Å². The normalized spacial score (nSPS) is 12.6. The number of carbonyl (C=O) groups excluding carboxylic acids is 1. The molecule has 0 spiro atoms. The van der Waals surface area contributed by atoms with E-state index in [1.165, 1.54) is 12.1 Å². The van der Waals surface area contributed by atoms with Crippen LogP contribution in [0.3, 0.4) is 0 Å². The molecule has 1 aliphatic rings. The van der Waals surface area contributed by atoms with E-state index in [0.717, 1.165) is 5.56 Å². The van der Waals surface area contributed by atoms with Gasteiger partial charge in [-0.2, -0.15) is 0 Å². The summed E-state index contributed by atoms with van der Waals surface area (Å²) < 4.78 is 21.6. The van der Waals surface area contributed by atoms with Gasteiger partial charge in [-0.25, -0.2) is 0 Å². The third-order valence-corrected chi connectivity index (χ3v) is 4.45. The maximum atomic E-state index is 12.5. The topological polar surface area (TPSA) is 109 Å². The average molecular weight is 402 g/mol. The lowest BCUT2D eigenvalue weighted by atomic mass is 10.1. The summed E-state index contributed by atoms with van der Waals surface area (Å²) >= 11 is 0. The Kier molecular flexibility index (Phi) is 6.38. The Morgan fingerprint density at radius 2 is 1.86 bits per heavy atom. The number of ether oxygens (including phenoxy) is 4. The van der Waals surface area contributed by atoms with Crippen LogP contribution >= 0.6 is 0 Å². The second kappa shape index (κ2) is 9.13. The molecule has 154 valence electrons. The summed E-state index contributed by atoms with van der Waals surface area (Å²) in [6.45, 7) is 0.853. The van der Waals surface area contributed by atoms with E-state index in [4.69, 9.17) is 18.9 Å². The Morgan fingerprint density at radius 1 is 1.14 bits per heavy atom. The Bertz CT molecular complexity index is 914. The first-order chi connectivity index (χ1) is 14.0. The van der Waals surface area contributed by atoms with Crippen LogP contribution in [-0.4, -0.2) is 38.3 Å². The van der Waals surface area contributed by atoms with Crippen molar-refractivity contribution < 1.29 is 28.7 Å². The molecule has 0 unspecified atom stereocenters. The lowest BCUT2D eigenvalue weighted by Gasteiger charge is -2.12. The zero-order valence-corrected chi connectivity index (χ0v) is 16.2. The fourth-order valence-electron chi connectivity index (χ4n) is 2.99. The van der Waals surface area contributed by atoms with Crippen LogP contribution in [0.4, 0.5) is 11.4 Å². The van der Waals surface area contributed by atoms with E-state index < -0.39 is 4.92 Å². The SMILES string of the molecule is COc1ccc(OC)c(CCC(=O)Nc2cc3c(cc2[N+](=O)[O-])OCCCO3)c1. The first kappa shape index (κ1) is 20.2. The van der Waals surface area contributed by atoms with Gasteiger partial charge in [0.2, 0.25) is 5.91 Å². The number of nitrogens with one attached hydrogen (secondary N) is 1. The number of amides is 1. The van der Waals surface area contributed by atoms with Crippen molar-refractivity contribution in [2.24, 2.45) is 0 Å². The van der Waals surface area contributed by atoms with Crippen LogP contribution in [0.2, 0.25) is 0 Å². The molecule has 0 saturated carbocycles. The number of anilines is 1. The Hall–Kier alpha value is -3.49. The minimum absolute atomic E-state index is 0.0712. The summed E-state index contributed by atoms with van der Waals surface area (Å²) in [5, 5.41) is 14.0. The van der Waals surface area contributed by atoms with Crippen LogP contribution in [-0.2, 0) is 11.2 Å². The molecule has 2 aromatic rings. The molecular weight excluding hydrogens is 380 g/mol. The van der Waals surface area contributed by atoms with E-state index in [-0.39, 0.29) is 23.7 Å². The standard InChI is InChI=1S/C20H22N2O7/c1-26-14-5-6-17(27-2)13(10-14)4-7-20(23)21-15-11-18-19(12-16(15)22(24)25)29-9-3-8-28-18/h5-6,10-12H,3-4,7-9H2,1-2H3,(H,21,23). The third kappa shape index (κ3) is 4.87. The summed E-state index contributed by atoms with van der Waals surface area (Å²) in [6, 6.07) is 8.04. The van der Waals surface area contributed by atoms with E-state index in [1.54, 1.807) is 32.4 Å². The number of nitrogens with zero attached hydrogens (tertiary/aromatic N) is 1. The Balaban J connectivity index is 1.75. The number of rotatable bonds is 7. The summed E-state index contributed by atoms with van der Waals surface area (Å²) in [5.74, 6) is 1.60. The molecule has 0 aliphatic carbocycles. The Labute approximate surface area is 167 Å². The first-order valence-electron chi connectivity index (χ1n) is 9.10. The van der Waals surface area contributed by atoms with Gasteiger partial charge in [-0.05, 0) is 30.2 Å². The molecule has 9 nitrogen and oxygen atoms in total.